The van der Waals surface area contributed by atoms with E-state index in [0.29, 0.717) is 5.56 Å². The summed E-state index contributed by atoms with van der Waals surface area (Å²) in [6.45, 7) is 6.69. The van der Waals surface area contributed by atoms with E-state index in [4.69, 9.17) is 0 Å². The zero-order chi connectivity index (χ0) is 10.1. The van der Waals surface area contributed by atoms with Crippen LogP contribution < -0.4 is 0 Å². The van der Waals surface area contributed by atoms with Crippen LogP contribution in [0.5, 0.6) is 0 Å². The molecule has 0 aliphatic carbocycles. The Bertz CT molecular complexity index is 323. The molecular formula is C11H13FO. The van der Waals surface area contributed by atoms with Gasteiger partial charge in [-0.15, -0.1) is 0 Å². The maximum absolute atomic E-state index is 13.2. The summed E-state index contributed by atoms with van der Waals surface area (Å²) in [5, 5.41) is 9.62. The van der Waals surface area contributed by atoms with Crippen LogP contribution in [0.3, 0.4) is 0 Å². The van der Waals surface area contributed by atoms with Gasteiger partial charge in [0.15, 0.2) is 0 Å². The molecule has 0 saturated carbocycles. The number of benzene rings is 1. The van der Waals surface area contributed by atoms with Gasteiger partial charge in [0.1, 0.15) is 5.82 Å². The van der Waals surface area contributed by atoms with Gasteiger partial charge in [-0.25, -0.2) is 4.39 Å². The molecule has 0 fully saturated rings. The Morgan fingerprint density at radius 1 is 1.46 bits per heavy atom. The van der Waals surface area contributed by atoms with E-state index in [9.17, 15) is 9.50 Å². The fraction of sp³-hybridized carbons (Fsp3) is 0.273. The van der Waals surface area contributed by atoms with E-state index >= 15 is 0 Å². The normalized spacial score (nSPS) is 11.4. The first-order chi connectivity index (χ1) is 5.95. The molecule has 0 spiro atoms. The van der Waals surface area contributed by atoms with Crippen LogP contribution in [-0.2, 0) is 5.60 Å². The summed E-state index contributed by atoms with van der Waals surface area (Å²) in [6.07, 6.45) is 1.62. The van der Waals surface area contributed by atoms with Gasteiger partial charge in [-0.1, -0.05) is 18.7 Å². The van der Waals surface area contributed by atoms with Crippen LogP contribution in [0.1, 0.15) is 25.0 Å². The van der Waals surface area contributed by atoms with Crippen LogP contribution in [0.4, 0.5) is 4.39 Å². The predicted octanol–water partition coefficient (Wildman–Crippen LogP) is 2.70. The first-order valence-electron chi connectivity index (χ1n) is 4.10. The van der Waals surface area contributed by atoms with E-state index in [2.05, 4.69) is 6.58 Å². The van der Waals surface area contributed by atoms with E-state index in [0.717, 1.165) is 5.56 Å². The van der Waals surface area contributed by atoms with E-state index < -0.39 is 11.4 Å². The average molecular weight is 180 g/mol. The topological polar surface area (TPSA) is 20.2 Å². The Morgan fingerprint density at radius 2 is 2.08 bits per heavy atom. The van der Waals surface area contributed by atoms with Crippen LogP contribution in [0, 0.1) is 5.82 Å². The van der Waals surface area contributed by atoms with Crippen LogP contribution >= 0.6 is 0 Å². The molecule has 0 amide bonds. The van der Waals surface area contributed by atoms with Gasteiger partial charge < -0.3 is 5.11 Å². The fourth-order valence-corrected chi connectivity index (χ4v) is 1.14. The molecule has 0 aromatic heterocycles. The molecule has 0 unspecified atom stereocenters. The highest BCUT2D eigenvalue weighted by Crippen LogP contribution is 2.24. The van der Waals surface area contributed by atoms with Crippen LogP contribution in [0.15, 0.2) is 24.8 Å². The van der Waals surface area contributed by atoms with E-state index in [-0.39, 0.29) is 0 Å². The molecule has 13 heavy (non-hydrogen) atoms. The lowest BCUT2D eigenvalue weighted by Crippen LogP contribution is -2.17. The number of rotatable bonds is 2. The summed E-state index contributed by atoms with van der Waals surface area (Å²) in [4.78, 5) is 0. The standard InChI is InChI=1S/C11H13FO/c1-4-8-5-6-10(12)9(7-8)11(2,3)13/h4-7,13H,1H2,2-3H3. The molecule has 0 aliphatic rings. The molecule has 70 valence electrons. The molecule has 0 heterocycles. The predicted molar refractivity (Wildman–Crippen MR) is 51.7 cm³/mol. The number of aliphatic hydroxyl groups is 1. The molecule has 0 saturated heterocycles. The van der Waals surface area contributed by atoms with Crippen molar-refractivity contribution in [2.75, 3.05) is 0 Å². The Hall–Kier alpha value is -1.15. The lowest BCUT2D eigenvalue weighted by Gasteiger charge is -2.18. The Morgan fingerprint density at radius 3 is 2.54 bits per heavy atom. The van der Waals surface area contributed by atoms with Gasteiger partial charge in [0.25, 0.3) is 0 Å². The van der Waals surface area contributed by atoms with Crippen LogP contribution in [0.2, 0.25) is 0 Å². The van der Waals surface area contributed by atoms with E-state index in [1.54, 1.807) is 32.1 Å². The largest absolute Gasteiger partial charge is 0.386 e. The Kier molecular flexibility index (Phi) is 2.52. The molecular weight excluding hydrogens is 167 g/mol. The maximum atomic E-state index is 13.2. The summed E-state index contributed by atoms with van der Waals surface area (Å²) in [5.74, 6) is -0.391. The monoisotopic (exact) mass is 180 g/mol. The zero-order valence-corrected chi connectivity index (χ0v) is 7.84. The molecule has 1 aromatic rings. The molecule has 0 bridgehead atoms. The molecule has 1 aromatic carbocycles. The van der Waals surface area contributed by atoms with E-state index in [1.165, 1.54) is 6.07 Å². The molecule has 0 radical (unpaired) electrons. The second-order valence-corrected chi connectivity index (χ2v) is 3.50. The second-order valence-electron chi connectivity index (χ2n) is 3.50. The van der Waals surface area contributed by atoms with Crippen molar-refractivity contribution in [2.45, 2.75) is 19.4 Å². The summed E-state index contributed by atoms with van der Waals surface area (Å²) in [5.41, 5.74) is -0.0493. The third-order valence-electron chi connectivity index (χ3n) is 1.89. The minimum absolute atomic E-state index is 0.296. The van der Waals surface area contributed by atoms with Gasteiger partial charge in [-0.3, -0.25) is 0 Å². The highest BCUT2D eigenvalue weighted by molar-refractivity contribution is 5.49. The van der Waals surface area contributed by atoms with Crippen molar-refractivity contribution in [1.82, 2.24) is 0 Å². The zero-order valence-electron chi connectivity index (χ0n) is 7.84. The number of hydrogen-bond donors (Lipinski definition) is 1. The van der Waals surface area contributed by atoms with Gasteiger partial charge in [-0.05, 0) is 31.5 Å². The average Bonchev–Trinajstić information content (AvgIpc) is 2.03. The van der Waals surface area contributed by atoms with Crippen molar-refractivity contribution in [3.05, 3.63) is 41.7 Å². The second kappa shape index (κ2) is 3.30. The van der Waals surface area contributed by atoms with Gasteiger partial charge >= 0.3 is 0 Å². The highest BCUT2D eigenvalue weighted by atomic mass is 19.1. The minimum Gasteiger partial charge on any atom is -0.386 e. The number of hydrogen-bond acceptors (Lipinski definition) is 1. The molecule has 0 aliphatic heterocycles. The molecule has 1 nitrogen and oxygen atoms in total. The van der Waals surface area contributed by atoms with Gasteiger partial charge in [-0.2, -0.15) is 0 Å². The van der Waals surface area contributed by atoms with Crippen LogP contribution in [-0.4, -0.2) is 5.11 Å². The van der Waals surface area contributed by atoms with Crippen molar-refractivity contribution < 1.29 is 9.50 Å². The van der Waals surface area contributed by atoms with Gasteiger partial charge in [0.2, 0.25) is 0 Å². The fourth-order valence-electron chi connectivity index (χ4n) is 1.14. The van der Waals surface area contributed by atoms with E-state index in [1.807, 2.05) is 0 Å². The van der Waals surface area contributed by atoms with Gasteiger partial charge in [0, 0.05) is 5.56 Å². The molecule has 0 atom stereocenters. The van der Waals surface area contributed by atoms with Gasteiger partial charge in [0.05, 0.1) is 5.60 Å². The first-order valence-corrected chi connectivity index (χ1v) is 4.10. The molecule has 2 heteroatoms. The van der Waals surface area contributed by atoms with Crippen LogP contribution in [0.25, 0.3) is 6.08 Å². The highest BCUT2D eigenvalue weighted by Gasteiger charge is 2.20. The summed E-state index contributed by atoms with van der Waals surface area (Å²) in [7, 11) is 0. The SMILES string of the molecule is C=Cc1ccc(F)c(C(C)(C)O)c1. The van der Waals surface area contributed by atoms with Crippen molar-refractivity contribution in [3.63, 3.8) is 0 Å². The summed E-state index contributed by atoms with van der Waals surface area (Å²) in [6, 6.07) is 4.56. The smallest absolute Gasteiger partial charge is 0.129 e. The quantitative estimate of drug-likeness (QED) is 0.741. The minimum atomic E-state index is -1.15. The Labute approximate surface area is 77.5 Å². The Balaban J connectivity index is 3.27. The maximum Gasteiger partial charge on any atom is 0.129 e. The number of halogens is 1. The first kappa shape index (κ1) is 9.93. The van der Waals surface area contributed by atoms with Crippen molar-refractivity contribution >= 4 is 6.08 Å². The summed E-state index contributed by atoms with van der Waals surface area (Å²) < 4.78 is 13.2. The van der Waals surface area contributed by atoms with Crippen molar-refractivity contribution in [3.8, 4) is 0 Å². The van der Waals surface area contributed by atoms with Crippen molar-refractivity contribution in [2.24, 2.45) is 0 Å². The lowest BCUT2D eigenvalue weighted by atomic mass is 9.96. The molecule has 1 N–H and O–H groups in total. The molecule has 1 rings (SSSR count). The van der Waals surface area contributed by atoms with Crippen molar-refractivity contribution in [1.29, 1.82) is 0 Å². The lowest BCUT2D eigenvalue weighted by molar-refractivity contribution is 0.0745. The third kappa shape index (κ3) is 2.16. The summed E-state index contributed by atoms with van der Waals surface area (Å²) >= 11 is 0. The third-order valence-corrected chi connectivity index (χ3v) is 1.89.